The summed E-state index contributed by atoms with van der Waals surface area (Å²) in [6.45, 7) is 3.16. The highest BCUT2D eigenvalue weighted by molar-refractivity contribution is 14.1. The number of nitrogens with zero attached hydrogens (tertiary/aromatic N) is 1. The first kappa shape index (κ1) is 19.0. The lowest BCUT2D eigenvalue weighted by atomic mass is 10.2. The summed E-state index contributed by atoms with van der Waals surface area (Å²) in [7, 11) is 0. The van der Waals surface area contributed by atoms with Crippen LogP contribution in [0.1, 0.15) is 5.56 Å². The van der Waals surface area contributed by atoms with E-state index in [0.29, 0.717) is 14.9 Å². The number of halogens is 2. The molecule has 0 bridgehead atoms. The fourth-order valence-electron chi connectivity index (χ4n) is 1.90. The molecule has 1 fully saturated rings. The number of hydrogen-bond acceptors (Lipinski definition) is 5. The third-order valence-corrected chi connectivity index (χ3v) is 5.02. The molecule has 1 heterocycles. The lowest BCUT2D eigenvalue weighted by Gasteiger charge is -2.11. The van der Waals surface area contributed by atoms with E-state index in [1.54, 1.807) is 12.1 Å². The monoisotopic (exact) mass is 523 g/mol. The maximum absolute atomic E-state index is 12.3. The lowest BCUT2D eigenvalue weighted by Crippen LogP contribution is -2.27. The van der Waals surface area contributed by atoms with Crippen molar-refractivity contribution < 1.29 is 24.2 Å². The Morgan fingerprint density at radius 2 is 2.17 bits per heavy atom. The van der Waals surface area contributed by atoms with Crippen molar-refractivity contribution in [3.05, 3.63) is 43.3 Å². The van der Waals surface area contributed by atoms with Gasteiger partial charge in [-0.05, 0) is 52.6 Å². The van der Waals surface area contributed by atoms with Crippen LogP contribution in [0.25, 0.3) is 6.08 Å². The number of carbonyl (C=O) groups excluding carboxylic acids is 2. The van der Waals surface area contributed by atoms with E-state index in [1.807, 2.05) is 22.6 Å². The molecule has 126 valence electrons. The number of ether oxygens (including phenoxy) is 1. The molecule has 0 aromatic heterocycles. The Morgan fingerprint density at radius 3 is 2.79 bits per heavy atom. The van der Waals surface area contributed by atoms with E-state index in [4.69, 9.17) is 9.84 Å². The molecule has 0 radical (unpaired) electrons. The molecule has 0 unspecified atom stereocenters. The normalized spacial score (nSPS) is 15.9. The Labute approximate surface area is 164 Å². The molecule has 1 aliphatic heterocycles. The number of imide groups is 1. The van der Waals surface area contributed by atoms with Gasteiger partial charge in [-0.25, -0.2) is 4.79 Å². The minimum Gasteiger partial charge on any atom is -0.480 e. The Balaban J connectivity index is 2.41. The molecule has 0 spiro atoms. The van der Waals surface area contributed by atoms with E-state index < -0.39 is 18.5 Å². The molecular formula is C15H11BrINO5S. The van der Waals surface area contributed by atoms with Crippen molar-refractivity contribution in [2.24, 2.45) is 0 Å². The minimum atomic E-state index is -1.11. The molecule has 24 heavy (non-hydrogen) atoms. The summed E-state index contributed by atoms with van der Waals surface area (Å²) in [6, 6.07) is 3.46. The van der Waals surface area contributed by atoms with Crippen molar-refractivity contribution >= 4 is 73.5 Å². The van der Waals surface area contributed by atoms with Gasteiger partial charge in [0.1, 0.15) is 5.75 Å². The third kappa shape index (κ3) is 4.39. The van der Waals surface area contributed by atoms with E-state index in [9.17, 15) is 14.4 Å². The molecule has 0 aliphatic carbocycles. The van der Waals surface area contributed by atoms with Gasteiger partial charge in [-0.3, -0.25) is 14.5 Å². The molecule has 2 amide bonds. The summed E-state index contributed by atoms with van der Waals surface area (Å²) in [5, 5.41) is 8.42. The highest BCUT2D eigenvalue weighted by atomic mass is 127. The summed E-state index contributed by atoms with van der Waals surface area (Å²) >= 11 is 6.19. The van der Waals surface area contributed by atoms with Crippen molar-refractivity contribution in [2.75, 3.05) is 13.2 Å². The van der Waals surface area contributed by atoms with Crippen molar-refractivity contribution in [1.29, 1.82) is 0 Å². The van der Waals surface area contributed by atoms with Gasteiger partial charge >= 0.3 is 5.97 Å². The first-order valence-electron chi connectivity index (χ1n) is 6.53. The highest BCUT2D eigenvalue weighted by Gasteiger charge is 2.34. The Hall–Kier alpha value is -1.33. The van der Waals surface area contributed by atoms with Gasteiger partial charge in [0.2, 0.25) is 0 Å². The summed E-state index contributed by atoms with van der Waals surface area (Å²) in [4.78, 5) is 36.2. The van der Waals surface area contributed by atoms with Gasteiger partial charge in [-0.2, -0.15) is 0 Å². The number of hydrogen-bond donors (Lipinski definition) is 1. The second-order valence-electron chi connectivity index (χ2n) is 4.57. The van der Waals surface area contributed by atoms with E-state index in [1.165, 1.54) is 12.2 Å². The number of aliphatic carboxylic acids is 1. The summed E-state index contributed by atoms with van der Waals surface area (Å²) in [6.07, 6.45) is 3.00. The number of thioether (sulfide) groups is 1. The molecule has 1 saturated heterocycles. The second-order valence-corrected chi connectivity index (χ2v) is 7.64. The van der Waals surface area contributed by atoms with Crippen molar-refractivity contribution in [2.45, 2.75) is 0 Å². The Kier molecular flexibility index (Phi) is 6.47. The zero-order valence-corrected chi connectivity index (χ0v) is 16.7. The van der Waals surface area contributed by atoms with Gasteiger partial charge in [-0.15, -0.1) is 6.58 Å². The molecular weight excluding hydrogens is 513 g/mol. The smallest absolute Gasteiger partial charge is 0.341 e. The average molecular weight is 524 g/mol. The number of carboxylic acid groups (broad SMARTS) is 1. The van der Waals surface area contributed by atoms with Crippen LogP contribution in [-0.4, -0.2) is 40.3 Å². The van der Waals surface area contributed by atoms with Crippen LogP contribution >= 0.6 is 50.3 Å². The van der Waals surface area contributed by atoms with Crippen LogP contribution in [0.2, 0.25) is 0 Å². The first-order valence-corrected chi connectivity index (χ1v) is 9.22. The maximum atomic E-state index is 12.3. The largest absolute Gasteiger partial charge is 0.480 e. The van der Waals surface area contributed by atoms with Gasteiger partial charge in [0.25, 0.3) is 11.1 Å². The van der Waals surface area contributed by atoms with Crippen LogP contribution in [0.4, 0.5) is 4.79 Å². The number of rotatable bonds is 6. The minimum absolute atomic E-state index is 0.139. The Bertz CT molecular complexity index is 764. The van der Waals surface area contributed by atoms with E-state index >= 15 is 0 Å². The van der Waals surface area contributed by atoms with E-state index in [0.717, 1.165) is 21.1 Å². The van der Waals surface area contributed by atoms with Gasteiger partial charge in [0.05, 0.1) is 8.48 Å². The summed E-state index contributed by atoms with van der Waals surface area (Å²) < 4.78 is 6.75. The third-order valence-electron chi connectivity index (χ3n) is 2.85. The molecule has 1 aromatic carbocycles. The van der Waals surface area contributed by atoms with Crippen molar-refractivity contribution in [3.8, 4) is 5.75 Å². The van der Waals surface area contributed by atoms with Crippen LogP contribution in [0.15, 0.2) is 34.2 Å². The number of benzene rings is 1. The number of carboxylic acids is 1. The second kappa shape index (κ2) is 8.17. The SMILES string of the molecule is C=CCN1C(=O)S/C(=C\c2cc(Br)cc(I)c2OCC(=O)O)C1=O. The quantitative estimate of drug-likeness (QED) is 0.347. The topological polar surface area (TPSA) is 83.9 Å². The molecule has 6 nitrogen and oxygen atoms in total. The fourth-order valence-corrected chi connectivity index (χ4v) is 4.45. The molecule has 9 heteroatoms. The van der Waals surface area contributed by atoms with Crippen LogP contribution < -0.4 is 4.74 Å². The van der Waals surface area contributed by atoms with Crippen LogP contribution in [0.3, 0.4) is 0 Å². The lowest BCUT2D eigenvalue weighted by molar-refractivity contribution is -0.139. The van der Waals surface area contributed by atoms with Crippen LogP contribution in [0.5, 0.6) is 5.75 Å². The standard InChI is InChI=1S/C15H11BrINO5S/c1-2-3-18-14(21)11(24-15(18)22)5-8-4-9(16)6-10(17)13(8)23-7-12(19)20/h2,4-6H,1,3,7H2,(H,19,20)/b11-5-. The summed E-state index contributed by atoms with van der Waals surface area (Å²) in [5.74, 6) is -1.17. The maximum Gasteiger partial charge on any atom is 0.341 e. The Morgan fingerprint density at radius 1 is 1.46 bits per heavy atom. The van der Waals surface area contributed by atoms with Gasteiger partial charge in [0, 0.05) is 16.6 Å². The molecule has 0 saturated carbocycles. The predicted octanol–water partition coefficient (Wildman–Crippen LogP) is 3.74. The first-order chi connectivity index (χ1) is 11.3. The number of carbonyl (C=O) groups is 3. The highest BCUT2D eigenvalue weighted by Crippen LogP contribution is 2.36. The van der Waals surface area contributed by atoms with Crippen LogP contribution in [-0.2, 0) is 9.59 Å². The summed E-state index contributed by atoms with van der Waals surface area (Å²) in [5.41, 5.74) is 0.513. The molecule has 1 aliphatic rings. The van der Waals surface area contributed by atoms with Crippen LogP contribution in [0, 0.1) is 3.57 Å². The van der Waals surface area contributed by atoms with Gasteiger partial charge < -0.3 is 9.84 Å². The average Bonchev–Trinajstić information content (AvgIpc) is 2.74. The fraction of sp³-hybridized carbons (Fsp3) is 0.133. The van der Waals surface area contributed by atoms with Gasteiger partial charge in [0.15, 0.2) is 6.61 Å². The molecule has 1 N–H and O–H groups in total. The van der Waals surface area contributed by atoms with Crippen molar-refractivity contribution in [1.82, 2.24) is 4.90 Å². The molecule has 1 aromatic rings. The van der Waals surface area contributed by atoms with Gasteiger partial charge in [-0.1, -0.05) is 22.0 Å². The number of amides is 2. The predicted molar refractivity (Wildman–Crippen MR) is 103 cm³/mol. The zero-order chi connectivity index (χ0) is 17.9. The molecule has 0 atom stereocenters. The van der Waals surface area contributed by atoms with Crippen molar-refractivity contribution in [3.63, 3.8) is 0 Å². The molecule has 2 rings (SSSR count). The zero-order valence-electron chi connectivity index (χ0n) is 12.1. The van der Waals surface area contributed by atoms with E-state index in [2.05, 4.69) is 22.5 Å². The van der Waals surface area contributed by atoms with E-state index in [-0.39, 0.29) is 16.7 Å².